The van der Waals surface area contributed by atoms with Crippen LogP contribution < -0.4 is 10.2 Å². The molecule has 3 rings (SSSR count). The maximum atomic E-state index is 12.5. The fourth-order valence-electron chi connectivity index (χ4n) is 2.39. The van der Waals surface area contributed by atoms with Crippen molar-refractivity contribution in [2.45, 2.75) is 0 Å². The predicted molar refractivity (Wildman–Crippen MR) is 79.0 cm³/mol. The van der Waals surface area contributed by atoms with Crippen molar-refractivity contribution >= 4 is 29.4 Å². The zero-order valence-corrected chi connectivity index (χ0v) is 12.7. The summed E-state index contributed by atoms with van der Waals surface area (Å²) in [5.41, 5.74) is 0.132. The number of ether oxygens (including phenoxy) is 1. The number of hydrogen-bond donors (Lipinski definition) is 1. The molecule has 2 amide bonds. The van der Waals surface area contributed by atoms with Crippen molar-refractivity contribution in [1.82, 2.24) is 20.2 Å². The third-order valence-corrected chi connectivity index (χ3v) is 3.83. The molecule has 0 radical (unpaired) electrons. The van der Waals surface area contributed by atoms with Gasteiger partial charge in [0.05, 0.1) is 31.0 Å². The Kier molecular flexibility index (Phi) is 4.39. The minimum Gasteiger partial charge on any atom is -0.378 e. The maximum Gasteiger partial charge on any atom is 0.274 e. The molecule has 22 heavy (non-hydrogen) atoms. The summed E-state index contributed by atoms with van der Waals surface area (Å²) in [6, 6.07) is 0. The van der Waals surface area contributed by atoms with Crippen molar-refractivity contribution in [2.75, 3.05) is 50.8 Å². The molecule has 2 aliphatic rings. The lowest BCUT2D eigenvalue weighted by Gasteiger charge is -2.28. The minimum absolute atomic E-state index is 0.0199. The largest absolute Gasteiger partial charge is 0.378 e. The summed E-state index contributed by atoms with van der Waals surface area (Å²) in [4.78, 5) is 35.8. The van der Waals surface area contributed by atoms with Crippen LogP contribution in [-0.2, 0) is 9.53 Å². The lowest BCUT2D eigenvalue weighted by atomic mass is 10.3. The molecule has 0 atom stereocenters. The van der Waals surface area contributed by atoms with Gasteiger partial charge in [-0.1, -0.05) is 11.6 Å². The smallest absolute Gasteiger partial charge is 0.274 e. The van der Waals surface area contributed by atoms with Gasteiger partial charge in [0.2, 0.25) is 11.9 Å². The van der Waals surface area contributed by atoms with E-state index in [0.717, 1.165) is 0 Å². The van der Waals surface area contributed by atoms with E-state index in [9.17, 15) is 9.59 Å². The van der Waals surface area contributed by atoms with Crippen molar-refractivity contribution in [2.24, 2.45) is 0 Å². The van der Waals surface area contributed by atoms with Crippen LogP contribution in [0.3, 0.4) is 0 Å². The summed E-state index contributed by atoms with van der Waals surface area (Å²) < 4.78 is 5.29. The number of halogens is 1. The molecule has 9 heteroatoms. The van der Waals surface area contributed by atoms with Crippen LogP contribution in [0.2, 0.25) is 5.02 Å². The van der Waals surface area contributed by atoms with E-state index >= 15 is 0 Å². The number of piperazine rings is 1. The highest BCUT2D eigenvalue weighted by molar-refractivity contribution is 6.33. The zero-order valence-electron chi connectivity index (χ0n) is 11.9. The van der Waals surface area contributed by atoms with Gasteiger partial charge >= 0.3 is 0 Å². The molecule has 0 aliphatic carbocycles. The van der Waals surface area contributed by atoms with Gasteiger partial charge in [-0.3, -0.25) is 9.59 Å². The van der Waals surface area contributed by atoms with E-state index in [1.54, 1.807) is 0 Å². The summed E-state index contributed by atoms with van der Waals surface area (Å²) in [7, 11) is 0. The van der Waals surface area contributed by atoms with Gasteiger partial charge in [0.1, 0.15) is 0 Å². The standard InChI is InChI=1S/C13H16ClN5O3/c14-9-7-16-13(18-3-5-22-6-4-18)17-11(9)12(21)19-2-1-15-10(20)8-19/h7H,1-6,8H2,(H,15,20). The molecular formula is C13H16ClN5O3. The first-order valence-corrected chi connectivity index (χ1v) is 7.44. The number of nitrogens with one attached hydrogen (secondary N) is 1. The Labute approximate surface area is 132 Å². The van der Waals surface area contributed by atoms with Crippen molar-refractivity contribution in [3.05, 3.63) is 16.9 Å². The Hall–Kier alpha value is -1.93. The maximum absolute atomic E-state index is 12.5. The van der Waals surface area contributed by atoms with Gasteiger partial charge in [0, 0.05) is 26.2 Å². The van der Waals surface area contributed by atoms with E-state index in [0.29, 0.717) is 45.3 Å². The second-order valence-corrected chi connectivity index (χ2v) is 5.45. The molecule has 3 heterocycles. The van der Waals surface area contributed by atoms with E-state index in [2.05, 4.69) is 15.3 Å². The second kappa shape index (κ2) is 6.45. The van der Waals surface area contributed by atoms with Crippen LogP contribution in [0.5, 0.6) is 0 Å². The average Bonchev–Trinajstić information content (AvgIpc) is 2.55. The Balaban J connectivity index is 1.82. The first-order valence-electron chi connectivity index (χ1n) is 7.06. The number of hydrogen-bond acceptors (Lipinski definition) is 6. The van der Waals surface area contributed by atoms with Gasteiger partial charge in [-0.05, 0) is 0 Å². The molecule has 2 saturated heterocycles. The molecule has 0 unspecified atom stereocenters. The van der Waals surface area contributed by atoms with Crippen molar-refractivity contribution < 1.29 is 14.3 Å². The predicted octanol–water partition coefficient (Wildman–Crippen LogP) is -0.461. The second-order valence-electron chi connectivity index (χ2n) is 5.04. The van der Waals surface area contributed by atoms with E-state index in [-0.39, 0.29) is 29.1 Å². The molecule has 1 aromatic rings. The Morgan fingerprint density at radius 2 is 2.09 bits per heavy atom. The lowest BCUT2D eigenvalue weighted by Crippen LogP contribution is -2.50. The first kappa shape index (κ1) is 15.0. The van der Waals surface area contributed by atoms with Crippen LogP contribution in [0.15, 0.2) is 6.20 Å². The number of anilines is 1. The van der Waals surface area contributed by atoms with Crippen molar-refractivity contribution in [3.8, 4) is 0 Å². The summed E-state index contributed by atoms with van der Waals surface area (Å²) in [6.07, 6.45) is 1.43. The summed E-state index contributed by atoms with van der Waals surface area (Å²) >= 11 is 6.07. The summed E-state index contributed by atoms with van der Waals surface area (Å²) in [5.74, 6) is -0.0764. The molecule has 2 fully saturated rings. The molecule has 0 saturated carbocycles. The Bertz CT molecular complexity index is 591. The van der Waals surface area contributed by atoms with Crippen LogP contribution in [0.1, 0.15) is 10.5 Å². The summed E-state index contributed by atoms with van der Waals surface area (Å²) in [5, 5.41) is 2.86. The fraction of sp³-hybridized carbons (Fsp3) is 0.538. The third kappa shape index (κ3) is 3.12. The minimum atomic E-state index is -0.350. The number of carbonyl (C=O) groups excluding carboxylic acids is 2. The van der Waals surface area contributed by atoms with Crippen LogP contribution >= 0.6 is 11.6 Å². The molecule has 0 spiro atoms. The lowest BCUT2D eigenvalue weighted by molar-refractivity contribution is -0.123. The number of rotatable bonds is 2. The fourth-order valence-corrected chi connectivity index (χ4v) is 2.56. The number of carbonyl (C=O) groups is 2. The molecular weight excluding hydrogens is 310 g/mol. The first-order chi connectivity index (χ1) is 10.6. The highest BCUT2D eigenvalue weighted by atomic mass is 35.5. The van der Waals surface area contributed by atoms with Gasteiger partial charge in [0.25, 0.3) is 5.91 Å². The zero-order chi connectivity index (χ0) is 15.5. The molecule has 0 bridgehead atoms. The average molecular weight is 326 g/mol. The molecule has 1 N–H and O–H groups in total. The van der Waals surface area contributed by atoms with Crippen LogP contribution in [-0.4, -0.2) is 72.6 Å². The molecule has 8 nitrogen and oxygen atoms in total. The molecule has 1 aromatic heterocycles. The van der Waals surface area contributed by atoms with Crippen molar-refractivity contribution in [1.29, 1.82) is 0 Å². The quantitative estimate of drug-likeness (QED) is 0.791. The van der Waals surface area contributed by atoms with Crippen LogP contribution in [0.25, 0.3) is 0 Å². The van der Waals surface area contributed by atoms with Gasteiger partial charge in [-0.15, -0.1) is 0 Å². The Morgan fingerprint density at radius 3 is 2.82 bits per heavy atom. The highest BCUT2D eigenvalue weighted by Crippen LogP contribution is 2.19. The third-order valence-electron chi connectivity index (χ3n) is 3.55. The highest BCUT2D eigenvalue weighted by Gasteiger charge is 2.26. The van der Waals surface area contributed by atoms with Crippen molar-refractivity contribution in [3.63, 3.8) is 0 Å². The number of nitrogens with zero attached hydrogens (tertiary/aromatic N) is 4. The molecule has 2 aliphatic heterocycles. The van der Waals surface area contributed by atoms with E-state index in [1.807, 2.05) is 4.90 Å². The van der Waals surface area contributed by atoms with Gasteiger partial charge in [0.15, 0.2) is 5.69 Å². The van der Waals surface area contributed by atoms with E-state index in [1.165, 1.54) is 11.1 Å². The molecule has 118 valence electrons. The van der Waals surface area contributed by atoms with Gasteiger partial charge < -0.3 is 19.9 Å². The Morgan fingerprint density at radius 1 is 1.32 bits per heavy atom. The normalized spacial score (nSPS) is 19.0. The van der Waals surface area contributed by atoms with Gasteiger partial charge in [-0.25, -0.2) is 9.97 Å². The van der Waals surface area contributed by atoms with Crippen LogP contribution in [0, 0.1) is 0 Å². The number of aromatic nitrogens is 2. The topological polar surface area (TPSA) is 87.7 Å². The van der Waals surface area contributed by atoms with E-state index in [4.69, 9.17) is 16.3 Å². The summed E-state index contributed by atoms with van der Waals surface area (Å²) in [6.45, 7) is 3.43. The van der Waals surface area contributed by atoms with Gasteiger partial charge in [-0.2, -0.15) is 0 Å². The monoisotopic (exact) mass is 325 g/mol. The number of amides is 2. The number of morpholine rings is 1. The SMILES string of the molecule is O=C1CN(C(=O)c2nc(N3CCOCC3)ncc2Cl)CCN1. The van der Waals surface area contributed by atoms with Crippen LogP contribution in [0.4, 0.5) is 5.95 Å². The van der Waals surface area contributed by atoms with E-state index < -0.39 is 0 Å². The molecule has 0 aromatic carbocycles.